The van der Waals surface area contributed by atoms with Gasteiger partial charge in [0, 0.05) is 13.2 Å². The molecular formula is C10H22N2O. The first-order valence-electron chi connectivity index (χ1n) is 5.33. The molecule has 0 amide bonds. The Morgan fingerprint density at radius 1 is 1.62 bits per heavy atom. The quantitative estimate of drug-likeness (QED) is 0.648. The first-order valence-corrected chi connectivity index (χ1v) is 5.33. The number of hydrogen-bond donors (Lipinski definition) is 2. The molecule has 78 valence electrons. The number of rotatable bonds is 5. The van der Waals surface area contributed by atoms with Crippen LogP contribution in [0, 0.1) is 11.8 Å². The highest BCUT2D eigenvalue weighted by molar-refractivity contribution is 4.77. The minimum atomic E-state index is 0.249. The third kappa shape index (κ3) is 3.25. The number of aliphatic hydroxyl groups excluding tert-OH is 1. The molecule has 3 nitrogen and oxygen atoms in total. The number of nitrogens with two attached hydrogens (primary N) is 1. The van der Waals surface area contributed by atoms with E-state index in [4.69, 9.17) is 10.8 Å². The molecule has 0 aromatic heterocycles. The van der Waals surface area contributed by atoms with Crippen LogP contribution in [0.15, 0.2) is 0 Å². The third-order valence-corrected chi connectivity index (χ3v) is 3.08. The van der Waals surface area contributed by atoms with Crippen molar-refractivity contribution in [2.45, 2.75) is 19.8 Å². The van der Waals surface area contributed by atoms with E-state index >= 15 is 0 Å². The monoisotopic (exact) mass is 186 g/mol. The van der Waals surface area contributed by atoms with E-state index in [0.717, 1.165) is 18.9 Å². The zero-order chi connectivity index (χ0) is 9.68. The Morgan fingerprint density at radius 3 is 2.85 bits per heavy atom. The summed E-state index contributed by atoms with van der Waals surface area (Å²) in [6.07, 6.45) is 2.38. The second-order valence-electron chi connectivity index (χ2n) is 4.07. The molecule has 0 aromatic carbocycles. The minimum absolute atomic E-state index is 0.249. The standard InChI is InChI=1S/C10H22N2O/c1-2-12-4-3-9(7-12)5-10(6-11)8-13/h9-10,13H,2-8,11H2,1H3. The van der Waals surface area contributed by atoms with Gasteiger partial charge in [-0.15, -0.1) is 0 Å². The van der Waals surface area contributed by atoms with Gasteiger partial charge in [0.25, 0.3) is 0 Å². The molecule has 2 atom stereocenters. The summed E-state index contributed by atoms with van der Waals surface area (Å²) >= 11 is 0. The smallest absolute Gasteiger partial charge is 0.0471 e. The van der Waals surface area contributed by atoms with Gasteiger partial charge in [-0.3, -0.25) is 0 Å². The molecule has 1 rings (SSSR count). The lowest BCUT2D eigenvalue weighted by atomic mass is 9.94. The summed E-state index contributed by atoms with van der Waals surface area (Å²) < 4.78 is 0. The maximum absolute atomic E-state index is 9.02. The van der Waals surface area contributed by atoms with Gasteiger partial charge >= 0.3 is 0 Å². The molecule has 1 fully saturated rings. The molecule has 13 heavy (non-hydrogen) atoms. The van der Waals surface area contributed by atoms with Crippen molar-refractivity contribution in [1.82, 2.24) is 4.90 Å². The Labute approximate surface area is 80.9 Å². The van der Waals surface area contributed by atoms with E-state index in [1.165, 1.54) is 19.5 Å². The van der Waals surface area contributed by atoms with E-state index in [-0.39, 0.29) is 6.61 Å². The Hall–Kier alpha value is -0.120. The van der Waals surface area contributed by atoms with E-state index in [0.29, 0.717) is 12.5 Å². The van der Waals surface area contributed by atoms with Crippen LogP contribution in [0.5, 0.6) is 0 Å². The maximum atomic E-state index is 9.02. The van der Waals surface area contributed by atoms with Crippen molar-refractivity contribution in [2.75, 3.05) is 32.8 Å². The first kappa shape index (κ1) is 11.0. The van der Waals surface area contributed by atoms with Gasteiger partial charge in [0.1, 0.15) is 0 Å². The van der Waals surface area contributed by atoms with Crippen molar-refractivity contribution in [3.8, 4) is 0 Å². The molecular weight excluding hydrogens is 164 g/mol. The molecule has 1 saturated heterocycles. The summed E-state index contributed by atoms with van der Waals surface area (Å²) in [5, 5.41) is 9.02. The van der Waals surface area contributed by atoms with Gasteiger partial charge in [-0.05, 0) is 44.3 Å². The van der Waals surface area contributed by atoms with Gasteiger partial charge in [-0.1, -0.05) is 6.92 Å². The topological polar surface area (TPSA) is 49.5 Å². The van der Waals surface area contributed by atoms with Crippen molar-refractivity contribution >= 4 is 0 Å². The van der Waals surface area contributed by atoms with Crippen LogP contribution in [0.3, 0.4) is 0 Å². The SMILES string of the molecule is CCN1CCC(CC(CN)CO)C1. The highest BCUT2D eigenvalue weighted by Crippen LogP contribution is 2.22. The van der Waals surface area contributed by atoms with Gasteiger partial charge in [-0.25, -0.2) is 0 Å². The number of aliphatic hydroxyl groups is 1. The van der Waals surface area contributed by atoms with Crippen LogP contribution >= 0.6 is 0 Å². The minimum Gasteiger partial charge on any atom is -0.396 e. The van der Waals surface area contributed by atoms with E-state index in [1.807, 2.05) is 0 Å². The highest BCUT2D eigenvalue weighted by atomic mass is 16.3. The van der Waals surface area contributed by atoms with E-state index in [9.17, 15) is 0 Å². The lowest BCUT2D eigenvalue weighted by molar-refractivity contribution is 0.203. The summed E-state index contributed by atoms with van der Waals surface area (Å²) in [5.74, 6) is 1.09. The normalized spacial score (nSPS) is 26.5. The molecule has 0 bridgehead atoms. The maximum Gasteiger partial charge on any atom is 0.0471 e. The molecule has 3 heteroatoms. The van der Waals surface area contributed by atoms with Crippen molar-refractivity contribution in [1.29, 1.82) is 0 Å². The number of nitrogens with zero attached hydrogens (tertiary/aromatic N) is 1. The molecule has 0 saturated carbocycles. The Kier molecular flexibility index (Phi) is 4.70. The average Bonchev–Trinajstić information content (AvgIpc) is 2.61. The van der Waals surface area contributed by atoms with Gasteiger partial charge in [0.15, 0.2) is 0 Å². The van der Waals surface area contributed by atoms with Gasteiger partial charge in [-0.2, -0.15) is 0 Å². The van der Waals surface area contributed by atoms with Crippen LogP contribution in [-0.2, 0) is 0 Å². The van der Waals surface area contributed by atoms with Crippen LogP contribution < -0.4 is 5.73 Å². The zero-order valence-corrected chi connectivity index (χ0v) is 8.58. The summed E-state index contributed by atoms with van der Waals surface area (Å²) in [5.41, 5.74) is 5.55. The molecule has 0 aromatic rings. The number of likely N-dealkylation sites (tertiary alicyclic amines) is 1. The fraction of sp³-hybridized carbons (Fsp3) is 1.00. The first-order chi connectivity index (χ1) is 6.30. The predicted molar refractivity (Wildman–Crippen MR) is 54.5 cm³/mol. The third-order valence-electron chi connectivity index (χ3n) is 3.08. The molecule has 0 radical (unpaired) electrons. The van der Waals surface area contributed by atoms with E-state index in [1.54, 1.807) is 0 Å². The fourth-order valence-corrected chi connectivity index (χ4v) is 2.11. The second-order valence-corrected chi connectivity index (χ2v) is 4.07. The van der Waals surface area contributed by atoms with Crippen molar-refractivity contribution in [3.63, 3.8) is 0 Å². The summed E-state index contributed by atoms with van der Waals surface area (Å²) in [6, 6.07) is 0. The second kappa shape index (κ2) is 5.58. The highest BCUT2D eigenvalue weighted by Gasteiger charge is 2.23. The zero-order valence-electron chi connectivity index (χ0n) is 8.58. The summed E-state index contributed by atoms with van der Waals surface area (Å²) in [6.45, 7) is 6.66. The van der Waals surface area contributed by atoms with Gasteiger partial charge < -0.3 is 15.7 Å². The lowest BCUT2D eigenvalue weighted by Gasteiger charge is -2.17. The molecule has 1 aliphatic heterocycles. The van der Waals surface area contributed by atoms with Crippen LogP contribution in [0.2, 0.25) is 0 Å². The van der Waals surface area contributed by atoms with Crippen LogP contribution in [0.1, 0.15) is 19.8 Å². The van der Waals surface area contributed by atoms with Gasteiger partial charge in [0.05, 0.1) is 0 Å². The van der Waals surface area contributed by atoms with E-state index in [2.05, 4.69) is 11.8 Å². The summed E-state index contributed by atoms with van der Waals surface area (Å²) in [7, 11) is 0. The Balaban J connectivity index is 2.22. The van der Waals surface area contributed by atoms with Crippen molar-refractivity contribution < 1.29 is 5.11 Å². The molecule has 2 unspecified atom stereocenters. The van der Waals surface area contributed by atoms with Gasteiger partial charge in [0.2, 0.25) is 0 Å². The summed E-state index contributed by atoms with van der Waals surface area (Å²) in [4.78, 5) is 2.47. The predicted octanol–water partition coefficient (Wildman–Crippen LogP) is 0.286. The number of hydrogen-bond acceptors (Lipinski definition) is 3. The largest absolute Gasteiger partial charge is 0.396 e. The van der Waals surface area contributed by atoms with Crippen LogP contribution in [0.25, 0.3) is 0 Å². The van der Waals surface area contributed by atoms with E-state index < -0.39 is 0 Å². The average molecular weight is 186 g/mol. The van der Waals surface area contributed by atoms with Crippen LogP contribution in [-0.4, -0.2) is 42.8 Å². The lowest BCUT2D eigenvalue weighted by Crippen LogP contribution is -2.24. The molecule has 1 heterocycles. The van der Waals surface area contributed by atoms with Crippen molar-refractivity contribution in [2.24, 2.45) is 17.6 Å². The Morgan fingerprint density at radius 2 is 2.38 bits per heavy atom. The molecule has 1 aliphatic rings. The van der Waals surface area contributed by atoms with Crippen LogP contribution in [0.4, 0.5) is 0 Å². The fourth-order valence-electron chi connectivity index (χ4n) is 2.11. The molecule has 0 aliphatic carbocycles. The molecule has 3 N–H and O–H groups in total. The molecule has 0 spiro atoms. The Bertz CT molecular complexity index is 137. The van der Waals surface area contributed by atoms with Crippen molar-refractivity contribution in [3.05, 3.63) is 0 Å².